The van der Waals surface area contributed by atoms with Gasteiger partial charge in [0, 0.05) is 20.3 Å². The van der Waals surface area contributed by atoms with Crippen molar-refractivity contribution < 1.29 is 14.3 Å². The molecule has 0 saturated carbocycles. The van der Waals surface area contributed by atoms with E-state index in [-0.39, 0.29) is 29.3 Å². The summed E-state index contributed by atoms with van der Waals surface area (Å²) in [5.41, 5.74) is -0.550. The molecule has 0 aliphatic carbocycles. The van der Waals surface area contributed by atoms with E-state index in [1.165, 1.54) is 12.5 Å². The first-order valence-corrected chi connectivity index (χ1v) is 7.60. The van der Waals surface area contributed by atoms with Gasteiger partial charge in [0.15, 0.2) is 13.0 Å². The van der Waals surface area contributed by atoms with E-state index in [4.69, 9.17) is 4.74 Å². The molecule has 0 aromatic carbocycles. The van der Waals surface area contributed by atoms with Crippen molar-refractivity contribution in [1.82, 2.24) is 19.4 Å². The van der Waals surface area contributed by atoms with Crippen LogP contribution >= 0.6 is 0 Å². The van der Waals surface area contributed by atoms with Crippen LogP contribution in [0.5, 0.6) is 0 Å². The molecule has 0 amide bonds. The third-order valence-electron chi connectivity index (χ3n) is 3.26. The quantitative estimate of drug-likeness (QED) is 0.378. The summed E-state index contributed by atoms with van der Waals surface area (Å²) in [6.07, 6.45) is 3.47. The molecule has 2 aromatic rings. The summed E-state index contributed by atoms with van der Waals surface area (Å²) in [4.78, 5) is 48.6. The van der Waals surface area contributed by atoms with E-state index in [1.807, 2.05) is 0 Å². The molecule has 0 aliphatic heterocycles. The first kappa shape index (κ1) is 18.4. The molecule has 0 fully saturated rings. The van der Waals surface area contributed by atoms with Crippen molar-refractivity contribution in [3.8, 4) is 0 Å². The van der Waals surface area contributed by atoms with Crippen LogP contribution in [0.15, 0.2) is 16.0 Å². The van der Waals surface area contributed by atoms with E-state index < -0.39 is 16.9 Å². The molecular weight excluding hydrogens is 326 g/mol. The molecular formula is C16H21N5O4. The van der Waals surface area contributed by atoms with E-state index in [0.717, 1.165) is 4.57 Å². The SMILES string of the molecule is CN(C)/C=N/c1nc2c(C=O)c[nH]c2c(=O)n1COC(=O)C(C)(C)C. The van der Waals surface area contributed by atoms with Crippen molar-refractivity contribution >= 4 is 35.6 Å². The minimum atomic E-state index is -0.703. The molecule has 134 valence electrons. The lowest BCUT2D eigenvalue weighted by atomic mass is 9.98. The number of ether oxygens (including phenoxy) is 1. The second kappa shape index (κ2) is 6.88. The summed E-state index contributed by atoms with van der Waals surface area (Å²) in [6.45, 7) is 4.82. The van der Waals surface area contributed by atoms with Gasteiger partial charge in [-0.1, -0.05) is 0 Å². The number of nitrogens with zero attached hydrogens (tertiary/aromatic N) is 4. The van der Waals surface area contributed by atoms with E-state index in [1.54, 1.807) is 39.8 Å². The Labute approximate surface area is 144 Å². The maximum Gasteiger partial charge on any atom is 0.312 e. The fourth-order valence-corrected chi connectivity index (χ4v) is 1.91. The molecule has 2 aromatic heterocycles. The zero-order valence-electron chi connectivity index (χ0n) is 14.9. The lowest BCUT2D eigenvalue weighted by molar-refractivity contribution is -0.157. The highest BCUT2D eigenvalue weighted by Crippen LogP contribution is 2.18. The van der Waals surface area contributed by atoms with Crippen LogP contribution in [0, 0.1) is 5.41 Å². The zero-order chi connectivity index (χ0) is 18.8. The Bertz CT molecular complexity index is 886. The molecule has 1 N–H and O–H groups in total. The van der Waals surface area contributed by atoms with Crippen molar-refractivity contribution in [3.05, 3.63) is 22.1 Å². The molecule has 0 aliphatic rings. The highest BCUT2D eigenvalue weighted by atomic mass is 16.5. The van der Waals surface area contributed by atoms with Crippen molar-refractivity contribution in [1.29, 1.82) is 0 Å². The highest BCUT2D eigenvalue weighted by molar-refractivity contribution is 5.94. The predicted octanol–water partition coefficient (Wildman–Crippen LogP) is 1.31. The average Bonchev–Trinajstić information content (AvgIpc) is 2.94. The van der Waals surface area contributed by atoms with Crippen molar-refractivity contribution in [2.75, 3.05) is 14.1 Å². The van der Waals surface area contributed by atoms with E-state index in [2.05, 4.69) is 15.0 Å². The summed E-state index contributed by atoms with van der Waals surface area (Å²) in [7, 11) is 3.52. The fourth-order valence-electron chi connectivity index (χ4n) is 1.91. The number of fused-ring (bicyclic) bond motifs is 1. The van der Waals surface area contributed by atoms with Gasteiger partial charge >= 0.3 is 5.97 Å². The zero-order valence-corrected chi connectivity index (χ0v) is 14.9. The normalized spacial score (nSPS) is 11.9. The smallest absolute Gasteiger partial charge is 0.312 e. The molecule has 9 heteroatoms. The topological polar surface area (TPSA) is 110 Å². The number of hydrogen-bond acceptors (Lipinski definition) is 6. The number of nitrogens with one attached hydrogen (secondary N) is 1. The fraction of sp³-hybridized carbons (Fsp3) is 0.438. The third-order valence-corrected chi connectivity index (χ3v) is 3.26. The van der Waals surface area contributed by atoms with Crippen molar-refractivity contribution in [2.45, 2.75) is 27.5 Å². The Hall–Kier alpha value is -2.97. The Morgan fingerprint density at radius 2 is 2.12 bits per heavy atom. The van der Waals surface area contributed by atoms with Crippen LogP contribution in [0.3, 0.4) is 0 Å². The predicted molar refractivity (Wildman–Crippen MR) is 93.1 cm³/mol. The van der Waals surface area contributed by atoms with E-state index >= 15 is 0 Å². The van der Waals surface area contributed by atoms with E-state index in [9.17, 15) is 14.4 Å². The molecule has 0 radical (unpaired) electrons. The number of hydrogen-bond donors (Lipinski definition) is 1. The monoisotopic (exact) mass is 347 g/mol. The number of aromatic amines is 1. The number of aromatic nitrogens is 3. The van der Waals surface area contributed by atoms with Crippen LogP contribution < -0.4 is 5.56 Å². The number of esters is 1. The second-order valence-electron chi connectivity index (χ2n) is 6.75. The number of H-pyrrole nitrogens is 1. The minimum Gasteiger partial charge on any atom is -0.443 e. The van der Waals surface area contributed by atoms with Gasteiger partial charge in [0.05, 0.1) is 17.3 Å². The molecule has 25 heavy (non-hydrogen) atoms. The van der Waals surface area contributed by atoms with Crippen LogP contribution in [0.1, 0.15) is 31.1 Å². The number of aliphatic imine (C=N–C) groups is 1. The lowest BCUT2D eigenvalue weighted by Gasteiger charge is -2.17. The standard InChI is InChI=1S/C16H21N5O4/c1-16(2,3)14(24)25-9-21-13(23)12-11(10(7-22)6-17-12)19-15(21)18-8-20(4)5/h6-8,17H,9H2,1-5H3/b18-8+. The maximum absolute atomic E-state index is 12.7. The third kappa shape index (κ3) is 3.93. The summed E-state index contributed by atoms with van der Waals surface area (Å²) in [6, 6.07) is 0. The van der Waals surface area contributed by atoms with Crippen LogP contribution in [0.2, 0.25) is 0 Å². The van der Waals surface area contributed by atoms with Crippen LogP contribution in [0.4, 0.5) is 5.95 Å². The summed E-state index contributed by atoms with van der Waals surface area (Å²) in [5.74, 6) is -0.419. The number of rotatable bonds is 5. The van der Waals surface area contributed by atoms with Crippen LogP contribution in [-0.2, 0) is 16.3 Å². The minimum absolute atomic E-state index is 0.0376. The highest BCUT2D eigenvalue weighted by Gasteiger charge is 2.24. The molecule has 2 rings (SSSR count). The number of carbonyl (C=O) groups is 2. The van der Waals surface area contributed by atoms with Crippen molar-refractivity contribution in [2.24, 2.45) is 10.4 Å². The van der Waals surface area contributed by atoms with Gasteiger partial charge in [-0.3, -0.25) is 14.4 Å². The van der Waals surface area contributed by atoms with Crippen LogP contribution in [0.25, 0.3) is 11.0 Å². The number of carbonyl (C=O) groups excluding carboxylic acids is 2. The van der Waals surface area contributed by atoms with Gasteiger partial charge in [0.25, 0.3) is 5.56 Å². The van der Waals surface area contributed by atoms with Gasteiger partial charge in [0.2, 0.25) is 5.95 Å². The maximum atomic E-state index is 12.7. The Morgan fingerprint density at radius 1 is 1.44 bits per heavy atom. The lowest BCUT2D eigenvalue weighted by Crippen LogP contribution is -2.28. The van der Waals surface area contributed by atoms with E-state index in [0.29, 0.717) is 6.29 Å². The van der Waals surface area contributed by atoms with Gasteiger partial charge in [-0.05, 0) is 20.8 Å². The molecule has 9 nitrogen and oxygen atoms in total. The summed E-state index contributed by atoms with van der Waals surface area (Å²) in [5, 5.41) is 0. The Balaban J connectivity index is 2.54. The number of aldehydes is 1. The molecule has 0 bridgehead atoms. The first-order chi connectivity index (χ1) is 11.6. The largest absolute Gasteiger partial charge is 0.443 e. The summed E-state index contributed by atoms with van der Waals surface area (Å²) < 4.78 is 6.35. The van der Waals surface area contributed by atoms with Crippen LogP contribution in [-0.4, -0.2) is 52.1 Å². The van der Waals surface area contributed by atoms with Gasteiger partial charge in [-0.2, -0.15) is 0 Å². The molecule has 0 atom stereocenters. The van der Waals surface area contributed by atoms with Gasteiger partial charge in [0.1, 0.15) is 11.0 Å². The second-order valence-corrected chi connectivity index (χ2v) is 6.75. The molecule has 0 spiro atoms. The Kier molecular flexibility index (Phi) is 5.05. The first-order valence-electron chi connectivity index (χ1n) is 7.60. The average molecular weight is 347 g/mol. The van der Waals surface area contributed by atoms with Crippen molar-refractivity contribution in [3.63, 3.8) is 0 Å². The molecule has 0 unspecified atom stereocenters. The van der Waals surface area contributed by atoms with Gasteiger partial charge in [-0.15, -0.1) is 0 Å². The Morgan fingerprint density at radius 3 is 2.68 bits per heavy atom. The molecule has 2 heterocycles. The molecule has 0 saturated heterocycles. The van der Waals surface area contributed by atoms with Gasteiger partial charge in [-0.25, -0.2) is 14.5 Å². The van der Waals surface area contributed by atoms with Gasteiger partial charge < -0.3 is 14.6 Å². The summed E-state index contributed by atoms with van der Waals surface area (Å²) >= 11 is 0.